The maximum absolute atomic E-state index is 8.59. The summed E-state index contributed by atoms with van der Waals surface area (Å²) in [5.74, 6) is 11.2. The minimum Gasteiger partial charge on any atom is -0.395 e. The summed E-state index contributed by atoms with van der Waals surface area (Å²) in [5, 5.41) is 17.2. The van der Waals surface area contributed by atoms with Gasteiger partial charge < -0.3 is 10.2 Å². The van der Waals surface area contributed by atoms with E-state index in [0.29, 0.717) is 6.42 Å². The molecule has 0 saturated heterocycles. The number of aliphatic hydroxyl groups is 2. The predicted molar refractivity (Wildman–Crippen MR) is 59.0 cm³/mol. The quantitative estimate of drug-likeness (QED) is 0.657. The Morgan fingerprint density at radius 3 is 2.07 bits per heavy atom. The van der Waals surface area contributed by atoms with Crippen molar-refractivity contribution >= 4 is 0 Å². The zero-order chi connectivity index (χ0) is 10.9. The molecule has 76 valence electrons. The standard InChI is InChI=1S/C13H12O2/c14-10-4-3-8-12-6-1-2-7-13(12)9-5-11-15/h1-2,6-7,14-15H,4,10-11H2. The third-order valence-corrected chi connectivity index (χ3v) is 1.69. The van der Waals surface area contributed by atoms with Crippen molar-refractivity contribution in [3.05, 3.63) is 35.4 Å². The van der Waals surface area contributed by atoms with Gasteiger partial charge in [0.15, 0.2) is 0 Å². The van der Waals surface area contributed by atoms with Crippen LogP contribution in [0.2, 0.25) is 0 Å². The van der Waals surface area contributed by atoms with Crippen molar-refractivity contribution in [3.8, 4) is 23.7 Å². The SMILES string of the molecule is OCC#Cc1ccccc1C#CCCO. The summed E-state index contributed by atoms with van der Waals surface area (Å²) in [6.07, 6.45) is 0.460. The lowest BCUT2D eigenvalue weighted by Gasteiger charge is -1.94. The highest BCUT2D eigenvalue weighted by atomic mass is 16.3. The Hall–Kier alpha value is -1.74. The monoisotopic (exact) mass is 200 g/mol. The second-order valence-corrected chi connectivity index (χ2v) is 2.78. The summed E-state index contributed by atoms with van der Waals surface area (Å²) in [6, 6.07) is 7.48. The third-order valence-electron chi connectivity index (χ3n) is 1.69. The van der Waals surface area contributed by atoms with Crippen LogP contribution in [-0.2, 0) is 0 Å². The fraction of sp³-hybridized carbons (Fsp3) is 0.231. The largest absolute Gasteiger partial charge is 0.395 e. The average molecular weight is 200 g/mol. The average Bonchev–Trinajstić information content (AvgIpc) is 2.28. The van der Waals surface area contributed by atoms with Gasteiger partial charge in [-0.15, -0.1) is 0 Å². The zero-order valence-corrected chi connectivity index (χ0v) is 8.33. The van der Waals surface area contributed by atoms with Gasteiger partial charge in [-0.2, -0.15) is 0 Å². The maximum Gasteiger partial charge on any atom is 0.104 e. The van der Waals surface area contributed by atoms with E-state index in [0.717, 1.165) is 11.1 Å². The van der Waals surface area contributed by atoms with Gasteiger partial charge in [0.1, 0.15) is 6.61 Å². The van der Waals surface area contributed by atoms with Crippen LogP contribution in [0.4, 0.5) is 0 Å². The number of benzene rings is 1. The molecule has 1 aromatic rings. The molecule has 0 aliphatic rings. The van der Waals surface area contributed by atoms with Crippen LogP contribution in [0.1, 0.15) is 17.5 Å². The van der Waals surface area contributed by atoms with E-state index >= 15 is 0 Å². The Labute approximate surface area is 89.6 Å². The van der Waals surface area contributed by atoms with E-state index in [1.165, 1.54) is 0 Å². The molecule has 2 heteroatoms. The topological polar surface area (TPSA) is 40.5 Å². The Kier molecular flexibility index (Phi) is 5.04. The van der Waals surface area contributed by atoms with Crippen LogP contribution in [0.3, 0.4) is 0 Å². The minimum absolute atomic E-state index is 0.0669. The van der Waals surface area contributed by atoms with Crippen molar-refractivity contribution in [2.75, 3.05) is 13.2 Å². The molecule has 15 heavy (non-hydrogen) atoms. The van der Waals surface area contributed by atoms with Crippen LogP contribution in [0.25, 0.3) is 0 Å². The summed E-state index contributed by atoms with van der Waals surface area (Å²) < 4.78 is 0. The first-order chi connectivity index (χ1) is 7.38. The van der Waals surface area contributed by atoms with Gasteiger partial charge in [0.05, 0.1) is 6.61 Å². The normalized spacial score (nSPS) is 8.40. The minimum atomic E-state index is -0.154. The molecule has 2 nitrogen and oxygen atoms in total. The molecular weight excluding hydrogens is 188 g/mol. The van der Waals surface area contributed by atoms with Gasteiger partial charge in [0, 0.05) is 17.5 Å². The molecule has 0 spiro atoms. The molecular formula is C13H12O2. The highest BCUT2D eigenvalue weighted by Gasteiger charge is 1.93. The first-order valence-corrected chi connectivity index (χ1v) is 4.67. The van der Waals surface area contributed by atoms with E-state index in [1.54, 1.807) is 0 Å². The first kappa shape index (κ1) is 11.3. The van der Waals surface area contributed by atoms with Crippen molar-refractivity contribution < 1.29 is 10.2 Å². The van der Waals surface area contributed by atoms with Crippen LogP contribution < -0.4 is 0 Å². The van der Waals surface area contributed by atoms with Crippen LogP contribution in [0.5, 0.6) is 0 Å². The molecule has 0 heterocycles. The van der Waals surface area contributed by atoms with E-state index in [1.807, 2.05) is 24.3 Å². The van der Waals surface area contributed by atoms with E-state index in [9.17, 15) is 0 Å². The Bertz CT molecular complexity index is 427. The molecule has 0 unspecified atom stereocenters. The van der Waals surface area contributed by atoms with Gasteiger partial charge in [-0.25, -0.2) is 0 Å². The van der Waals surface area contributed by atoms with Gasteiger partial charge >= 0.3 is 0 Å². The molecule has 0 fully saturated rings. The molecule has 0 bridgehead atoms. The fourth-order valence-corrected chi connectivity index (χ4v) is 1.05. The first-order valence-electron chi connectivity index (χ1n) is 4.67. The highest BCUT2D eigenvalue weighted by molar-refractivity contribution is 5.49. The number of hydrogen-bond acceptors (Lipinski definition) is 2. The van der Waals surface area contributed by atoms with Crippen LogP contribution in [0, 0.1) is 23.7 Å². The molecule has 0 aliphatic carbocycles. The van der Waals surface area contributed by atoms with Crippen molar-refractivity contribution in [3.63, 3.8) is 0 Å². The predicted octanol–water partition coefficient (Wildman–Crippen LogP) is 0.764. The molecule has 0 radical (unpaired) electrons. The van der Waals surface area contributed by atoms with Gasteiger partial charge in [-0.3, -0.25) is 0 Å². The zero-order valence-electron chi connectivity index (χ0n) is 8.33. The molecule has 0 aliphatic heterocycles. The lowest BCUT2D eigenvalue weighted by Crippen LogP contribution is -1.84. The molecule has 2 N–H and O–H groups in total. The molecule has 0 saturated carbocycles. The van der Waals surface area contributed by atoms with E-state index in [-0.39, 0.29) is 13.2 Å². The van der Waals surface area contributed by atoms with Gasteiger partial charge in [-0.05, 0) is 12.1 Å². The fourth-order valence-electron chi connectivity index (χ4n) is 1.05. The summed E-state index contributed by atoms with van der Waals surface area (Å²) in [5.41, 5.74) is 1.63. The molecule has 0 amide bonds. The van der Waals surface area contributed by atoms with Crippen molar-refractivity contribution in [1.82, 2.24) is 0 Å². The smallest absolute Gasteiger partial charge is 0.104 e. The van der Waals surface area contributed by atoms with Crippen LogP contribution in [0.15, 0.2) is 24.3 Å². The third kappa shape index (κ3) is 3.87. The van der Waals surface area contributed by atoms with Crippen molar-refractivity contribution in [2.24, 2.45) is 0 Å². The second kappa shape index (κ2) is 6.68. The molecule has 0 atom stereocenters. The number of hydrogen-bond donors (Lipinski definition) is 2. The lowest BCUT2D eigenvalue weighted by molar-refractivity contribution is 0.305. The van der Waals surface area contributed by atoms with E-state index in [4.69, 9.17) is 10.2 Å². The van der Waals surface area contributed by atoms with Gasteiger partial charge in [0.25, 0.3) is 0 Å². The molecule has 0 aromatic heterocycles. The summed E-state index contributed by atoms with van der Waals surface area (Å²) in [6.45, 7) is -0.0874. The summed E-state index contributed by atoms with van der Waals surface area (Å²) in [7, 11) is 0. The van der Waals surface area contributed by atoms with E-state index in [2.05, 4.69) is 23.7 Å². The number of rotatable bonds is 1. The van der Waals surface area contributed by atoms with Crippen LogP contribution >= 0.6 is 0 Å². The molecule has 1 rings (SSSR count). The van der Waals surface area contributed by atoms with Crippen LogP contribution in [-0.4, -0.2) is 23.4 Å². The maximum atomic E-state index is 8.59. The Morgan fingerprint density at radius 2 is 1.53 bits per heavy atom. The number of aliphatic hydroxyl groups excluding tert-OH is 2. The highest BCUT2D eigenvalue weighted by Crippen LogP contribution is 2.05. The summed E-state index contributed by atoms with van der Waals surface area (Å²) >= 11 is 0. The van der Waals surface area contributed by atoms with Crippen molar-refractivity contribution in [1.29, 1.82) is 0 Å². The van der Waals surface area contributed by atoms with E-state index < -0.39 is 0 Å². The Morgan fingerprint density at radius 1 is 0.933 bits per heavy atom. The summed E-state index contributed by atoms with van der Waals surface area (Å²) in [4.78, 5) is 0. The molecule has 1 aromatic carbocycles. The Balaban J connectivity index is 2.92. The van der Waals surface area contributed by atoms with Gasteiger partial charge in [-0.1, -0.05) is 35.8 Å². The van der Waals surface area contributed by atoms with Crippen molar-refractivity contribution in [2.45, 2.75) is 6.42 Å². The lowest BCUT2D eigenvalue weighted by atomic mass is 10.1. The second-order valence-electron chi connectivity index (χ2n) is 2.78. The van der Waals surface area contributed by atoms with Gasteiger partial charge in [0.2, 0.25) is 0 Å².